The van der Waals surface area contributed by atoms with Crippen LogP contribution in [-0.4, -0.2) is 34.6 Å². The van der Waals surface area contributed by atoms with Gasteiger partial charge in [-0.15, -0.1) is 0 Å². The van der Waals surface area contributed by atoms with Gasteiger partial charge in [-0.25, -0.2) is 4.99 Å². The van der Waals surface area contributed by atoms with Gasteiger partial charge in [-0.1, -0.05) is 26.0 Å². The smallest absolute Gasteiger partial charge is 0.194 e. The van der Waals surface area contributed by atoms with Crippen LogP contribution >= 0.6 is 0 Å². The fraction of sp³-hybridized carbons (Fsp3) is 0.588. The molecule has 1 fully saturated rings. The van der Waals surface area contributed by atoms with Crippen molar-refractivity contribution in [3.05, 3.63) is 29.8 Å². The molecule has 1 heterocycles. The first-order valence-electron chi connectivity index (χ1n) is 7.62. The Bertz CT molecular complexity index is 535. The average molecular weight is 289 g/mol. The fourth-order valence-electron chi connectivity index (χ4n) is 2.62. The first-order chi connectivity index (χ1) is 9.78. The van der Waals surface area contributed by atoms with E-state index in [1.54, 1.807) is 12.1 Å². The molecule has 0 aromatic heterocycles. The molecule has 0 radical (unpaired) electrons. The van der Waals surface area contributed by atoms with Crippen molar-refractivity contribution in [1.29, 1.82) is 0 Å². The molecule has 0 saturated carbocycles. The number of aliphatic imine (C=N–C) groups is 1. The maximum Gasteiger partial charge on any atom is 0.194 e. The van der Waals surface area contributed by atoms with E-state index in [0.717, 1.165) is 24.6 Å². The summed E-state index contributed by atoms with van der Waals surface area (Å²) in [5, 5.41) is 12.9. The maximum absolute atomic E-state index is 9.53. The molecule has 0 bridgehead atoms. The molecule has 2 N–H and O–H groups in total. The predicted octanol–water partition coefficient (Wildman–Crippen LogP) is 2.98. The third kappa shape index (κ3) is 2.99. The van der Waals surface area contributed by atoms with Crippen LogP contribution in [0.5, 0.6) is 5.75 Å². The lowest BCUT2D eigenvalue weighted by molar-refractivity contribution is -0.0667. The largest absolute Gasteiger partial charge is 0.508 e. The molecule has 0 amide bonds. The summed E-state index contributed by atoms with van der Waals surface area (Å²) in [5.74, 6) is 1.24. The van der Waals surface area contributed by atoms with E-state index >= 15 is 0 Å². The molecule has 0 unspecified atom stereocenters. The van der Waals surface area contributed by atoms with E-state index in [-0.39, 0.29) is 16.7 Å². The Morgan fingerprint density at radius 1 is 1.33 bits per heavy atom. The Balaban J connectivity index is 2.14. The quantitative estimate of drug-likeness (QED) is 0.664. The SMILES string of the molecule is CCNC(=NCc1cccc(O)c1)N1CC(C)(C)C1(C)C. The first-order valence-corrected chi connectivity index (χ1v) is 7.62. The molecule has 116 valence electrons. The number of aromatic hydroxyl groups is 1. The summed E-state index contributed by atoms with van der Waals surface area (Å²) in [4.78, 5) is 7.06. The second-order valence-electron chi connectivity index (χ2n) is 6.87. The molecule has 1 aliphatic rings. The van der Waals surface area contributed by atoms with Crippen molar-refractivity contribution in [3.63, 3.8) is 0 Å². The molecule has 4 nitrogen and oxygen atoms in total. The van der Waals surface area contributed by atoms with E-state index in [4.69, 9.17) is 4.99 Å². The van der Waals surface area contributed by atoms with Gasteiger partial charge in [-0.05, 0) is 38.5 Å². The van der Waals surface area contributed by atoms with Gasteiger partial charge >= 0.3 is 0 Å². The van der Waals surface area contributed by atoms with Gasteiger partial charge in [-0.3, -0.25) is 0 Å². The van der Waals surface area contributed by atoms with Crippen LogP contribution in [0, 0.1) is 5.41 Å². The minimum absolute atomic E-state index is 0.0901. The van der Waals surface area contributed by atoms with E-state index in [1.807, 2.05) is 12.1 Å². The van der Waals surface area contributed by atoms with Gasteiger partial charge in [0.15, 0.2) is 5.96 Å². The van der Waals surface area contributed by atoms with Crippen molar-refractivity contribution in [2.75, 3.05) is 13.1 Å². The van der Waals surface area contributed by atoms with Gasteiger partial charge in [0, 0.05) is 24.0 Å². The van der Waals surface area contributed by atoms with E-state index < -0.39 is 0 Å². The van der Waals surface area contributed by atoms with Crippen LogP contribution < -0.4 is 5.32 Å². The number of hydrogen-bond acceptors (Lipinski definition) is 2. The fourth-order valence-corrected chi connectivity index (χ4v) is 2.62. The molecular formula is C17H27N3O. The van der Waals surface area contributed by atoms with Crippen LogP contribution in [0.2, 0.25) is 0 Å². The van der Waals surface area contributed by atoms with Crippen molar-refractivity contribution < 1.29 is 5.11 Å². The highest BCUT2D eigenvalue weighted by molar-refractivity contribution is 5.82. The summed E-state index contributed by atoms with van der Waals surface area (Å²) in [6, 6.07) is 7.28. The molecule has 4 heteroatoms. The number of benzene rings is 1. The summed E-state index contributed by atoms with van der Waals surface area (Å²) in [6.45, 7) is 13.6. The molecule has 21 heavy (non-hydrogen) atoms. The van der Waals surface area contributed by atoms with Crippen molar-refractivity contribution in [2.24, 2.45) is 10.4 Å². The molecule has 0 spiro atoms. The Kier molecular flexibility index (Phi) is 4.17. The minimum atomic E-state index is 0.0901. The Hall–Kier alpha value is -1.71. The van der Waals surface area contributed by atoms with E-state index in [9.17, 15) is 5.11 Å². The zero-order valence-corrected chi connectivity index (χ0v) is 13.8. The molecular weight excluding hydrogens is 262 g/mol. The molecule has 0 aliphatic carbocycles. The van der Waals surface area contributed by atoms with Crippen molar-refractivity contribution in [3.8, 4) is 5.75 Å². The maximum atomic E-state index is 9.53. The number of rotatable bonds is 3. The lowest BCUT2D eigenvalue weighted by Crippen LogP contribution is -2.72. The molecule has 1 aromatic carbocycles. The normalized spacial score (nSPS) is 20.0. The average Bonchev–Trinajstić information content (AvgIpc) is 2.41. The van der Waals surface area contributed by atoms with Crippen LogP contribution in [-0.2, 0) is 6.54 Å². The molecule has 2 rings (SSSR count). The number of hydrogen-bond donors (Lipinski definition) is 2. The third-order valence-electron chi connectivity index (χ3n) is 4.80. The summed E-state index contributed by atoms with van der Waals surface area (Å²) in [5.41, 5.74) is 1.39. The number of phenolic OH excluding ortho intramolecular Hbond substituents is 1. The Labute approximate surface area is 127 Å². The van der Waals surface area contributed by atoms with E-state index in [0.29, 0.717) is 6.54 Å². The number of nitrogens with zero attached hydrogens (tertiary/aromatic N) is 2. The van der Waals surface area contributed by atoms with Gasteiger partial charge in [-0.2, -0.15) is 0 Å². The van der Waals surface area contributed by atoms with Gasteiger partial charge in [0.05, 0.1) is 6.54 Å². The van der Waals surface area contributed by atoms with E-state index in [2.05, 4.69) is 44.8 Å². The van der Waals surface area contributed by atoms with E-state index in [1.165, 1.54) is 0 Å². The zero-order chi connectivity index (χ0) is 15.7. The second kappa shape index (κ2) is 5.58. The topological polar surface area (TPSA) is 47.9 Å². The third-order valence-corrected chi connectivity index (χ3v) is 4.80. The number of likely N-dealkylation sites (tertiary alicyclic amines) is 1. The minimum Gasteiger partial charge on any atom is -0.508 e. The van der Waals surface area contributed by atoms with Crippen molar-refractivity contribution >= 4 is 5.96 Å². The molecule has 1 aromatic rings. The molecule has 1 saturated heterocycles. The lowest BCUT2D eigenvalue weighted by atomic mass is 9.65. The Morgan fingerprint density at radius 2 is 2.05 bits per heavy atom. The van der Waals surface area contributed by atoms with Gasteiger partial charge < -0.3 is 15.3 Å². The zero-order valence-electron chi connectivity index (χ0n) is 13.8. The van der Waals surface area contributed by atoms with Gasteiger partial charge in [0.1, 0.15) is 5.75 Å². The second-order valence-corrected chi connectivity index (χ2v) is 6.87. The van der Waals surface area contributed by atoms with Crippen LogP contribution in [0.1, 0.15) is 40.2 Å². The van der Waals surface area contributed by atoms with Crippen LogP contribution in [0.25, 0.3) is 0 Å². The van der Waals surface area contributed by atoms with Gasteiger partial charge in [0.2, 0.25) is 0 Å². The number of nitrogens with one attached hydrogen (secondary N) is 1. The van der Waals surface area contributed by atoms with Crippen molar-refractivity contribution in [2.45, 2.75) is 46.7 Å². The van der Waals surface area contributed by atoms with Crippen LogP contribution in [0.3, 0.4) is 0 Å². The standard InChI is InChI=1S/C17H27N3O/c1-6-18-15(20-12-16(2,3)17(20,4)5)19-11-13-8-7-9-14(21)10-13/h7-10,21H,6,11-12H2,1-5H3,(H,18,19). The van der Waals surface area contributed by atoms with Crippen LogP contribution in [0.15, 0.2) is 29.3 Å². The summed E-state index contributed by atoms with van der Waals surface area (Å²) in [6.07, 6.45) is 0. The lowest BCUT2D eigenvalue weighted by Gasteiger charge is -2.62. The Morgan fingerprint density at radius 3 is 2.57 bits per heavy atom. The van der Waals surface area contributed by atoms with Crippen molar-refractivity contribution in [1.82, 2.24) is 10.2 Å². The summed E-state index contributed by atoms with van der Waals surface area (Å²) >= 11 is 0. The number of phenols is 1. The number of guanidine groups is 1. The van der Waals surface area contributed by atoms with Crippen LogP contribution in [0.4, 0.5) is 0 Å². The highest BCUT2D eigenvalue weighted by Crippen LogP contribution is 2.46. The summed E-state index contributed by atoms with van der Waals surface area (Å²) < 4.78 is 0. The molecule has 0 atom stereocenters. The predicted molar refractivity (Wildman–Crippen MR) is 87.5 cm³/mol. The highest BCUT2D eigenvalue weighted by Gasteiger charge is 2.53. The highest BCUT2D eigenvalue weighted by atomic mass is 16.3. The summed E-state index contributed by atoms with van der Waals surface area (Å²) in [7, 11) is 0. The monoisotopic (exact) mass is 289 g/mol. The first kappa shape index (κ1) is 15.7. The van der Waals surface area contributed by atoms with Gasteiger partial charge in [0.25, 0.3) is 0 Å². The molecule has 1 aliphatic heterocycles.